The standard InChI is InChI=1S/C18H21N3OS/c1-20(2)17(13-8-9-23-12-13)10-19-18(22)15-11-21(3)16-7-5-4-6-14(15)16/h4-9,11-12,17H,10H2,1-3H3,(H,19,22)/t17-/m1/s1. The summed E-state index contributed by atoms with van der Waals surface area (Å²) < 4.78 is 1.99. The Morgan fingerprint density at radius 3 is 2.78 bits per heavy atom. The van der Waals surface area contributed by atoms with Crippen molar-refractivity contribution in [1.82, 2.24) is 14.8 Å². The lowest BCUT2D eigenvalue weighted by Crippen LogP contribution is -2.34. The Morgan fingerprint density at radius 1 is 1.30 bits per heavy atom. The molecule has 5 heteroatoms. The lowest BCUT2D eigenvalue weighted by Gasteiger charge is -2.23. The largest absolute Gasteiger partial charge is 0.350 e. The minimum absolute atomic E-state index is 0.0242. The van der Waals surface area contributed by atoms with E-state index < -0.39 is 0 Å². The van der Waals surface area contributed by atoms with Crippen LogP contribution in [-0.2, 0) is 7.05 Å². The zero-order chi connectivity index (χ0) is 16.4. The molecule has 1 amide bonds. The van der Waals surface area contributed by atoms with Gasteiger partial charge in [-0.2, -0.15) is 11.3 Å². The van der Waals surface area contributed by atoms with E-state index in [0.717, 1.165) is 16.5 Å². The molecule has 4 nitrogen and oxygen atoms in total. The van der Waals surface area contributed by atoms with Gasteiger partial charge in [-0.25, -0.2) is 0 Å². The molecular formula is C18H21N3OS. The molecular weight excluding hydrogens is 306 g/mol. The minimum atomic E-state index is -0.0242. The molecule has 1 atom stereocenters. The van der Waals surface area contributed by atoms with Gasteiger partial charge in [0.2, 0.25) is 0 Å². The second-order valence-corrected chi connectivity index (χ2v) is 6.70. The topological polar surface area (TPSA) is 37.3 Å². The molecule has 0 aliphatic carbocycles. The fraction of sp³-hybridized carbons (Fsp3) is 0.278. The number of nitrogens with zero attached hydrogens (tertiary/aromatic N) is 2. The van der Waals surface area contributed by atoms with Crippen molar-refractivity contribution in [2.24, 2.45) is 7.05 Å². The molecule has 0 fully saturated rings. The first-order chi connectivity index (χ1) is 11.1. The third-order valence-corrected chi connectivity index (χ3v) is 4.85. The maximum Gasteiger partial charge on any atom is 0.253 e. The Morgan fingerprint density at radius 2 is 2.09 bits per heavy atom. The molecule has 0 unspecified atom stereocenters. The average molecular weight is 327 g/mol. The van der Waals surface area contributed by atoms with Crippen LogP contribution in [0.25, 0.3) is 10.9 Å². The number of amides is 1. The lowest BCUT2D eigenvalue weighted by molar-refractivity contribution is 0.0943. The van der Waals surface area contributed by atoms with Gasteiger partial charge in [0.05, 0.1) is 11.6 Å². The monoisotopic (exact) mass is 327 g/mol. The quantitative estimate of drug-likeness (QED) is 0.781. The molecule has 1 aromatic carbocycles. The van der Waals surface area contributed by atoms with Gasteiger partial charge in [-0.05, 0) is 42.6 Å². The van der Waals surface area contributed by atoms with Crippen LogP contribution in [0, 0.1) is 0 Å². The lowest BCUT2D eigenvalue weighted by atomic mass is 10.1. The van der Waals surface area contributed by atoms with Gasteiger partial charge in [0.1, 0.15) is 0 Å². The van der Waals surface area contributed by atoms with Crippen molar-refractivity contribution in [2.75, 3.05) is 20.6 Å². The number of carbonyl (C=O) groups is 1. The van der Waals surface area contributed by atoms with Crippen molar-refractivity contribution in [2.45, 2.75) is 6.04 Å². The number of hydrogen-bond donors (Lipinski definition) is 1. The smallest absolute Gasteiger partial charge is 0.253 e. The first-order valence-electron chi connectivity index (χ1n) is 7.58. The molecule has 120 valence electrons. The maximum absolute atomic E-state index is 12.6. The van der Waals surface area contributed by atoms with Crippen molar-refractivity contribution in [3.63, 3.8) is 0 Å². The van der Waals surface area contributed by atoms with Gasteiger partial charge in [-0.3, -0.25) is 4.79 Å². The van der Waals surface area contributed by atoms with Crippen LogP contribution in [0.2, 0.25) is 0 Å². The Bertz CT molecular complexity index is 805. The van der Waals surface area contributed by atoms with Gasteiger partial charge in [-0.15, -0.1) is 0 Å². The Hall–Kier alpha value is -2.11. The molecule has 2 aromatic heterocycles. The summed E-state index contributed by atoms with van der Waals surface area (Å²) in [4.78, 5) is 14.8. The van der Waals surface area contributed by atoms with E-state index in [1.807, 2.05) is 56.2 Å². The summed E-state index contributed by atoms with van der Waals surface area (Å²) in [6.07, 6.45) is 1.90. The summed E-state index contributed by atoms with van der Waals surface area (Å²) in [5.41, 5.74) is 3.03. The van der Waals surface area contributed by atoms with Gasteiger partial charge in [0.25, 0.3) is 5.91 Å². The number of fused-ring (bicyclic) bond motifs is 1. The predicted octanol–water partition coefficient (Wildman–Crippen LogP) is 3.27. The van der Waals surface area contributed by atoms with Crippen molar-refractivity contribution < 1.29 is 4.79 Å². The summed E-state index contributed by atoms with van der Waals surface area (Å²) in [6.45, 7) is 0.589. The molecule has 0 spiro atoms. The van der Waals surface area contributed by atoms with E-state index in [9.17, 15) is 4.79 Å². The number of para-hydroxylation sites is 1. The van der Waals surface area contributed by atoms with Gasteiger partial charge in [0.15, 0.2) is 0 Å². The molecule has 0 radical (unpaired) electrons. The summed E-state index contributed by atoms with van der Waals surface area (Å²) in [5.74, 6) is -0.0242. The summed E-state index contributed by atoms with van der Waals surface area (Å²) in [7, 11) is 6.03. The van der Waals surface area contributed by atoms with Crippen LogP contribution in [-0.4, -0.2) is 36.0 Å². The highest BCUT2D eigenvalue weighted by molar-refractivity contribution is 7.07. The van der Waals surface area contributed by atoms with Crippen molar-refractivity contribution in [3.8, 4) is 0 Å². The van der Waals surface area contributed by atoms with E-state index in [2.05, 4.69) is 27.0 Å². The number of carbonyl (C=O) groups excluding carboxylic acids is 1. The number of thiophene rings is 1. The van der Waals surface area contributed by atoms with Crippen molar-refractivity contribution in [1.29, 1.82) is 0 Å². The molecule has 3 rings (SSSR count). The Balaban J connectivity index is 1.78. The number of aryl methyl sites for hydroxylation is 1. The highest BCUT2D eigenvalue weighted by Gasteiger charge is 2.18. The maximum atomic E-state index is 12.6. The normalized spacial score (nSPS) is 12.7. The average Bonchev–Trinajstić information content (AvgIpc) is 3.16. The molecule has 0 aliphatic heterocycles. The van der Waals surface area contributed by atoms with Crippen molar-refractivity contribution in [3.05, 3.63) is 58.4 Å². The van der Waals surface area contributed by atoms with E-state index >= 15 is 0 Å². The van der Waals surface area contributed by atoms with Gasteiger partial charge >= 0.3 is 0 Å². The van der Waals surface area contributed by atoms with Crippen LogP contribution in [0.15, 0.2) is 47.3 Å². The van der Waals surface area contributed by atoms with Crippen LogP contribution < -0.4 is 5.32 Å². The molecule has 23 heavy (non-hydrogen) atoms. The zero-order valence-corrected chi connectivity index (χ0v) is 14.4. The first-order valence-corrected chi connectivity index (χ1v) is 8.53. The highest BCUT2D eigenvalue weighted by atomic mass is 32.1. The van der Waals surface area contributed by atoms with Crippen LogP contribution in [0.5, 0.6) is 0 Å². The minimum Gasteiger partial charge on any atom is -0.350 e. The van der Waals surface area contributed by atoms with Crippen molar-refractivity contribution >= 4 is 28.1 Å². The second-order valence-electron chi connectivity index (χ2n) is 5.92. The zero-order valence-electron chi connectivity index (χ0n) is 13.6. The van der Waals surface area contributed by atoms with Gasteiger partial charge < -0.3 is 14.8 Å². The molecule has 0 aliphatic rings. The fourth-order valence-electron chi connectivity index (χ4n) is 2.87. The van der Waals surface area contributed by atoms with E-state index in [0.29, 0.717) is 6.54 Å². The number of likely N-dealkylation sites (N-methyl/N-ethyl adjacent to an activating group) is 1. The van der Waals surface area contributed by atoms with Crippen LogP contribution in [0.4, 0.5) is 0 Å². The summed E-state index contributed by atoms with van der Waals surface area (Å²) in [6, 6.07) is 10.3. The molecule has 2 heterocycles. The molecule has 1 N–H and O–H groups in total. The number of benzene rings is 1. The molecule has 0 saturated heterocycles. The Labute approximate surface area is 140 Å². The van der Waals surface area contributed by atoms with Crippen LogP contribution in [0.3, 0.4) is 0 Å². The second kappa shape index (κ2) is 6.56. The van der Waals surface area contributed by atoms with E-state index in [1.165, 1.54) is 5.56 Å². The van der Waals surface area contributed by atoms with Gasteiger partial charge in [-0.1, -0.05) is 18.2 Å². The molecule has 0 saturated carbocycles. The van der Waals surface area contributed by atoms with Crippen LogP contribution >= 0.6 is 11.3 Å². The summed E-state index contributed by atoms with van der Waals surface area (Å²) >= 11 is 1.68. The highest BCUT2D eigenvalue weighted by Crippen LogP contribution is 2.22. The number of aromatic nitrogens is 1. The van der Waals surface area contributed by atoms with E-state index in [1.54, 1.807) is 11.3 Å². The summed E-state index contributed by atoms with van der Waals surface area (Å²) in [5, 5.41) is 8.28. The molecule has 3 aromatic rings. The van der Waals surface area contributed by atoms with Crippen LogP contribution in [0.1, 0.15) is 22.0 Å². The van der Waals surface area contributed by atoms with Gasteiger partial charge in [0, 0.05) is 30.7 Å². The number of hydrogen-bond acceptors (Lipinski definition) is 3. The SMILES string of the molecule is CN(C)[C@H](CNC(=O)c1cn(C)c2ccccc12)c1ccsc1. The van der Waals surface area contributed by atoms with E-state index in [-0.39, 0.29) is 11.9 Å². The first kappa shape index (κ1) is 15.8. The number of rotatable bonds is 5. The third-order valence-electron chi connectivity index (χ3n) is 4.15. The third kappa shape index (κ3) is 3.16. The fourth-order valence-corrected chi connectivity index (χ4v) is 3.58. The number of nitrogens with one attached hydrogen (secondary N) is 1. The Kier molecular flexibility index (Phi) is 4.50. The predicted molar refractivity (Wildman–Crippen MR) is 96.0 cm³/mol. The molecule has 0 bridgehead atoms. The van der Waals surface area contributed by atoms with E-state index in [4.69, 9.17) is 0 Å².